The number of imidazole rings is 1. The molecule has 132 valence electrons. The van der Waals surface area contributed by atoms with Gasteiger partial charge in [0.2, 0.25) is 18.1 Å². The normalized spacial score (nSPS) is 14.6. The number of nitro groups is 1. The van der Waals surface area contributed by atoms with Crippen LogP contribution in [0.1, 0.15) is 5.56 Å². The van der Waals surface area contributed by atoms with Gasteiger partial charge in [0, 0.05) is 33.2 Å². The van der Waals surface area contributed by atoms with Gasteiger partial charge in [0.05, 0.1) is 6.42 Å². The van der Waals surface area contributed by atoms with Crippen molar-refractivity contribution in [3.63, 3.8) is 0 Å². The van der Waals surface area contributed by atoms with Crippen LogP contribution in [0.2, 0.25) is 0 Å². The second-order valence-corrected chi connectivity index (χ2v) is 5.93. The molecule has 1 aliphatic rings. The number of aromatic nitrogens is 2. The molecule has 3 rings (SSSR count). The molecule has 9 heteroatoms. The zero-order chi connectivity index (χ0) is 18.0. The number of piperazine rings is 1. The Morgan fingerprint density at radius 3 is 2.48 bits per heavy atom. The van der Waals surface area contributed by atoms with E-state index in [9.17, 15) is 19.3 Å². The lowest BCUT2D eigenvalue weighted by atomic mass is 10.1. The van der Waals surface area contributed by atoms with Crippen LogP contribution in [0, 0.1) is 15.9 Å². The number of hydrogen-bond donors (Lipinski definition) is 0. The predicted molar refractivity (Wildman–Crippen MR) is 88.8 cm³/mol. The van der Waals surface area contributed by atoms with Gasteiger partial charge in [-0.2, -0.15) is 0 Å². The molecule has 0 spiro atoms. The van der Waals surface area contributed by atoms with Crippen molar-refractivity contribution < 1.29 is 14.1 Å². The molecule has 1 aromatic carbocycles. The van der Waals surface area contributed by atoms with Gasteiger partial charge in [0.1, 0.15) is 5.82 Å². The summed E-state index contributed by atoms with van der Waals surface area (Å²) >= 11 is 0. The summed E-state index contributed by atoms with van der Waals surface area (Å²) in [5.74, 6) is -0.0856. The van der Waals surface area contributed by atoms with Crippen molar-refractivity contribution in [2.75, 3.05) is 31.1 Å². The van der Waals surface area contributed by atoms with E-state index in [0.717, 1.165) is 5.56 Å². The van der Waals surface area contributed by atoms with Gasteiger partial charge in [-0.05, 0) is 27.6 Å². The Balaban J connectivity index is 1.62. The maximum Gasteiger partial charge on any atom is 0.406 e. The summed E-state index contributed by atoms with van der Waals surface area (Å²) < 4.78 is 14.5. The Bertz CT molecular complexity index is 782. The maximum absolute atomic E-state index is 12.9. The van der Waals surface area contributed by atoms with Gasteiger partial charge >= 0.3 is 5.82 Å². The number of aryl methyl sites for hydroxylation is 1. The summed E-state index contributed by atoms with van der Waals surface area (Å²) in [4.78, 5) is 30.4. The monoisotopic (exact) mass is 347 g/mol. The van der Waals surface area contributed by atoms with Crippen LogP contribution in [0.4, 0.5) is 16.0 Å². The Morgan fingerprint density at radius 1 is 1.24 bits per heavy atom. The van der Waals surface area contributed by atoms with Gasteiger partial charge in [-0.25, -0.2) is 4.39 Å². The molecule has 0 unspecified atom stereocenters. The van der Waals surface area contributed by atoms with Gasteiger partial charge in [-0.1, -0.05) is 12.1 Å². The lowest BCUT2D eigenvalue weighted by Crippen LogP contribution is -2.49. The van der Waals surface area contributed by atoms with E-state index in [-0.39, 0.29) is 24.0 Å². The number of nitrogens with zero attached hydrogens (tertiary/aromatic N) is 5. The van der Waals surface area contributed by atoms with E-state index in [1.807, 2.05) is 4.90 Å². The third-order valence-electron chi connectivity index (χ3n) is 4.26. The highest BCUT2D eigenvalue weighted by Crippen LogP contribution is 2.26. The van der Waals surface area contributed by atoms with E-state index in [1.54, 1.807) is 28.6 Å². The number of benzene rings is 1. The molecule has 0 N–H and O–H groups in total. The Morgan fingerprint density at radius 2 is 1.88 bits per heavy atom. The third-order valence-corrected chi connectivity index (χ3v) is 4.26. The molecule has 1 amide bonds. The predicted octanol–water partition coefficient (Wildman–Crippen LogP) is 1.36. The summed E-state index contributed by atoms with van der Waals surface area (Å²) in [6, 6.07) is 5.87. The van der Waals surface area contributed by atoms with Crippen LogP contribution < -0.4 is 4.90 Å². The molecule has 1 saturated heterocycles. The van der Waals surface area contributed by atoms with Gasteiger partial charge in [-0.15, -0.1) is 0 Å². The minimum atomic E-state index is -0.499. The fraction of sp³-hybridized carbons (Fsp3) is 0.375. The zero-order valence-corrected chi connectivity index (χ0v) is 13.8. The highest BCUT2D eigenvalue weighted by molar-refractivity contribution is 5.79. The van der Waals surface area contributed by atoms with Crippen LogP contribution in [0.15, 0.2) is 30.6 Å². The molecule has 0 atom stereocenters. The van der Waals surface area contributed by atoms with Crippen molar-refractivity contribution in [1.29, 1.82) is 0 Å². The molecular formula is C16H18FN5O3. The van der Waals surface area contributed by atoms with E-state index >= 15 is 0 Å². The Kier molecular flexibility index (Phi) is 4.64. The van der Waals surface area contributed by atoms with Gasteiger partial charge in [0.15, 0.2) is 0 Å². The number of hydrogen-bond acceptors (Lipinski definition) is 5. The molecule has 25 heavy (non-hydrogen) atoms. The number of carbonyl (C=O) groups is 1. The quantitative estimate of drug-likeness (QED) is 0.616. The van der Waals surface area contributed by atoms with Crippen LogP contribution in [0.5, 0.6) is 0 Å². The molecule has 8 nitrogen and oxygen atoms in total. The number of carbonyl (C=O) groups excluding carboxylic acids is 1. The first-order chi connectivity index (χ1) is 12.0. The van der Waals surface area contributed by atoms with Gasteiger partial charge in [0.25, 0.3) is 0 Å². The Hall–Kier alpha value is -2.97. The number of anilines is 1. The highest BCUT2D eigenvalue weighted by Gasteiger charge is 2.29. The topological polar surface area (TPSA) is 84.5 Å². The Labute approximate surface area is 143 Å². The summed E-state index contributed by atoms with van der Waals surface area (Å²) in [7, 11) is 1.71. The standard InChI is InChI=1S/C16H18FN5O3/c1-19-11-18-15(22(24)25)16(19)21-8-6-20(7-9-21)14(23)10-12-2-4-13(17)5-3-12/h2-5,11H,6-10H2,1H3. The SMILES string of the molecule is Cn1cnc([N+](=O)[O-])c1N1CCN(C(=O)Cc2ccc(F)cc2)CC1. The minimum absolute atomic E-state index is 0.0363. The van der Waals surface area contributed by atoms with Crippen molar-refractivity contribution in [2.24, 2.45) is 7.05 Å². The van der Waals surface area contributed by atoms with Crippen molar-refractivity contribution in [2.45, 2.75) is 6.42 Å². The average Bonchev–Trinajstić information content (AvgIpc) is 2.99. The largest absolute Gasteiger partial charge is 0.406 e. The number of amides is 1. The van der Waals surface area contributed by atoms with E-state index in [2.05, 4.69) is 4.98 Å². The van der Waals surface area contributed by atoms with Crippen molar-refractivity contribution in [1.82, 2.24) is 14.5 Å². The molecule has 0 aliphatic carbocycles. The summed E-state index contributed by atoms with van der Waals surface area (Å²) in [6.45, 7) is 1.94. The number of rotatable bonds is 4. The average molecular weight is 347 g/mol. The molecule has 2 aromatic rings. The van der Waals surface area contributed by atoms with Crippen LogP contribution in [0.3, 0.4) is 0 Å². The van der Waals surface area contributed by atoms with Crippen LogP contribution in [-0.4, -0.2) is 51.5 Å². The molecule has 0 bridgehead atoms. The molecule has 0 saturated carbocycles. The molecular weight excluding hydrogens is 329 g/mol. The first kappa shape index (κ1) is 16.9. The molecule has 0 radical (unpaired) electrons. The van der Waals surface area contributed by atoms with E-state index in [4.69, 9.17) is 0 Å². The molecule has 1 aliphatic heterocycles. The first-order valence-corrected chi connectivity index (χ1v) is 7.88. The van der Waals surface area contributed by atoms with E-state index in [0.29, 0.717) is 32.0 Å². The molecule has 2 heterocycles. The highest BCUT2D eigenvalue weighted by atomic mass is 19.1. The van der Waals surface area contributed by atoms with Crippen LogP contribution in [-0.2, 0) is 18.3 Å². The third kappa shape index (κ3) is 3.59. The molecule has 1 aromatic heterocycles. The molecule has 1 fully saturated rings. The smallest absolute Gasteiger partial charge is 0.358 e. The van der Waals surface area contributed by atoms with Crippen LogP contribution >= 0.6 is 0 Å². The number of halogens is 1. The maximum atomic E-state index is 12.9. The van der Waals surface area contributed by atoms with Crippen molar-refractivity contribution >= 4 is 17.5 Å². The first-order valence-electron chi connectivity index (χ1n) is 7.88. The van der Waals surface area contributed by atoms with Crippen LogP contribution in [0.25, 0.3) is 0 Å². The summed E-state index contributed by atoms with van der Waals surface area (Å²) in [5.41, 5.74) is 0.760. The van der Waals surface area contributed by atoms with Gasteiger partial charge in [-0.3, -0.25) is 9.36 Å². The summed E-state index contributed by atoms with van der Waals surface area (Å²) in [5, 5.41) is 11.1. The van der Waals surface area contributed by atoms with E-state index in [1.165, 1.54) is 18.5 Å². The van der Waals surface area contributed by atoms with Crippen molar-refractivity contribution in [3.8, 4) is 0 Å². The van der Waals surface area contributed by atoms with Crippen molar-refractivity contribution in [3.05, 3.63) is 52.1 Å². The van der Waals surface area contributed by atoms with E-state index < -0.39 is 4.92 Å². The second-order valence-electron chi connectivity index (χ2n) is 5.93. The lowest BCUT2D eigenvalue weighted by Gasteiger charge is -2.35. The fourth-order valence-corrected chi connectivity index (χ4v) is 2.96. The fourth-order valence-electron chi connectivity index (χ4n) is 2.96. The lowest BCUT2D eigenvalue weighted by molar-refractivity contribution is -0.388. The minimum Gasteiger partial charge on any atom is -0.358 e. The van der Waals surface area contributed by atoms with Gasteiger partial charge < -0.3 is 19.9 Å². The summed E-state index contributed by atoms with van der Waals surface area (Å²) in [6.07, 6.45) is 1.63. The zero-order valence-electron chi connectivity index (χ0n) is 13.8. The second kappa shape index (κ2) is 6.88.